The Balaban J connectivity index is 1.90. The second-order valence-corrected chi connectivity index (χ2v) is 8.42. The zero-order valence-corrected chi connectivity index (χ0v) is 18.4. The van der Waals surface area contributed by atoms with Gasteiger partial charge in [0.05, 0.1) is 18.6 Å². The molecule has 2 aromatic carbocycles. The van der Waals surface area contributed by atoms with Gasteiger partial charge in [-0.1, -0.05) is 54.1 Å². The third-order valence-electron chi connectivity index (χ3n) is 6.20. The first kappa shape index (κ1) is 22.1. The first-order valence-corrected chi connectivity index (χ1v) is 11.0. The number of hydrogen-bond acceptors (Lipinski definition) is 4. The summed E-state index contributed by atoms with van der Waals surface area (Å²) in [5, 5.41) is 10.8. The van der Waals surface area contributed by atoms with Gasteiger partial charge in [-0.3, -0.25) is 14.4 Å². The van der Waals surface area contributed by atoms with Crippen molar-refractivity contribution in [2.45, 2.75) is 37.8 Å². The molecule has 0 spiro atoms. The molecule has 1 aliphatic heterocycles. The first-order valence-electron chi connectivity index (χ1n) is 10.7. The average molecular weight is 454 g/mol. The van der Waals surface area contributed by atoms with Gasteiger partial charge in [-0.25, -0.2) is 0 Å². The van der Waals surface area contributed by atoms with Crippen molar-refractivity contribution in [3.05, 3.63) is 82.4 Å². The lowest BCUT2D eigenvalue weighted by molar-refractivity contribution is -0.150. The lowest BCUT2D eigenvalue weighted by Gasteiger charge is -2.47. The molecular formula is C25H24ClNO5. The second-order valence-electron chi connectivity index (χ2n) is 7.98. The van der Waals surface area contributed by atoms with E-state index in [9.17, 15) is 19.5 Å². The van der Waals surface area contributed by atoms with Crippen LogP contribution in [-0.2, 0) is 14.3 Å². The molecule has 4 rings (SSSR count). The lowest BCUT2D eigenvalue weighted by atomic mass is 9.76. The highest BCUT2D eigenvalue weighted by Crippen LogP contribution is 2.46. The topological polar surface area (TPSA) is 83.9 Å². The number of halogens is 1. The quantitative estimate of drug-likeness (QED) is 0.528. The number of nitrogens with zero attached hydrogens (tertiary/aromatic N) is 1. The van der Waals surface area contributed by atoms with Crippen molar-refractivity contribution in [2.24, 2.45) is 5.92 Å². The number of amides is 1. The van der Waals surface area contributed by atoms with Crippen molar-refractivity contribution < 1.29 is 24.2 Å². The predicted octanol–water partition coefficient (Wildman–Crippen LogP) is 4.60. The Morgan fingerprint density at radius 3 is 2.47 bits per heavy atom. The highest BCUT2D eigenvalue weighted by molar-refractivity contribution is 6.30. The maximum Gasteiger partial charge on any atom is 0.313 e. The lowest BCUT2D eigenvalue weighted by Crippen LogP contribution is -2.54. The van der Waals surface area contributed by atoms with Crippen molar-refractivity contribution in [1.29, 1.82) is 0 Å². The predicted molar refractivity (Wildman–Crippen MR) is 119 cm³/mol. The van der Waals surface area contributed by atoms with Crippen molar-refractivity contribution in [3.8, 4) is 0 Å². The minimum absolute atomic E-state index is 0.237. The monoisotopic (exact) mass is 453 g/mol. The minimum atomic E-state index is -1.03. The van der Waals surface area contributed by atoms with Crippen molar-refractivity contribution in [1.82, 2.24) is 4.90 Å². The third kappa shape index (κ3) is 3.91. The number of carboxylic acids is 1. The van der Waals surface area contributed by atoms with Gasteiger partial charge in [0.2, 0.25) is 0 Å². The Hall–Kier alpha value is -3.12. The Morgan fingerprint density at radius 1 is 1.09 bits per heavy atom. The van der Waals surface area contributed by atoms with E-state index in [0.717, 1.165) is 0 Å². The average Bonchev–Trinajstić information content (AvgIpc) is 2.79. The fourth-order valence-corrected chi connectivity index (χ4v) is 4.93. The van der Waals surface area contributed by atoms with Crippen LogP contribution >= 0.6 is 11.6 Å². The number of carbonyl (C=O) groups excluding carboxylic acids is 2. The number of rotatable bonds is 5. The smallest absolute Gasteiger partial charge is 0.313 e. The Labute approximate surface area is 191 Å². The summed E-state index contributed by atoms with van der Waals surface area (Å²) in [6.45, 7) is 1.98. The number of allylic oxidation sites excluding steroid dienone is 1. The number of esters is 1. The Bertz CT molecular complexity index is 1060. The first-order chi connectivity index (χ1) is 15.4. The van der Waals surface area contributed by atoms with Crippen LogP contribution in [0.4, 0.5) is 0 Å². The SMILES string of the molecule is CCOC(=O)C1CC=CCC1N1C(=O)c2ccccc2C(C(=O)O)C1c1ccc(Cl)cc1. The molecule has 0 fully saturated rings. The minimum Gasteiger partial charge on any atom is -0.481 e. The van der Waals surface area contributed by atoms with E-state index in [1.54, 1.807) is 60.4 Å². The van der Waals surface area contributed by atoms with Gasteiger partial charge in [-0.05, 0) is 49.1 Å². The number of ether oxygens (including phenoxy) is 1. The normalized spacial score (nSPS) is 24.7. The summed E-state index contributed by atoms with van der Waals surface area (Å²) in [6, 6.07) is 12.3. The third-order valence-corrected chi connectivity index (χ3v) is 6.45. The van der Waals surface area contributed by atoms with Gasteiger partial charge in [-0.2, -0.15) is 0 Å². The van der Waals surface area contributed by atoms with Crippen LogP contribution in [0, 0.1) is 5.92 Å². The second kappa shape index (κ2) is 9.17. The Morgan fingerprint density at radius 2 is 1.78 bits per heavy atom. The molecule has 0 radical (unpaired) electrons. The number of carboxylic acid groups (broad SMARTS) is 1. The van der Waals surface area contributed by atoms with E-state index in [4.69, 9.17) is 16.3 Å². The summed E-state index contributed by atoms with van der Waals surface area (Å²) < 4.78 is 5.29. The molecule has 1 aliphatic carbocycles. The molecule has 4 atom stereocenters. The fourth-order valence-electron chi connectivity index (χ4n) is 4.81. The molecular weight excluding hydrogens is 430 g/mol. The molecule has 0 bridgehead atoms. The van der Waals surface area contributed by atoms with Crippen LogP contribution in [0.3, 0.4) is 0 Å². The fraction of sp³-hybridized carbons (Fsp3) is 0.320. The zero-order valence-electron chi connectivity index (χ0n) is 17.6. The largest absolute Gasteiger partial charge is 0.481 e. The molecule has 166 valence electrons. The van der Waals surface area contributed by atoms with Gasteiger partial charge >= 0.3 is 11.9 Å². The molecule has 0 aromatic heterocycles. The van der Waals surface area contributed by atoms with Crippen molar-refractivity contribution >= 4 is 29.4 Å². The molecule has 1 amide bonds. The van der Waals surface area contributed by atoms with E-state index < -0.39 is 29.9 Å². The maximum atomic E-state index is 13.8. The van der Waals surface area contributed by atoms with Gasteiger partial charge in [-0.15, -0.1) is 0 Å². The number of fused-ring (bicyclic) bond motifs is 1. The molecule has 4 unspecified atom stereocenters. The van der Waals surface area contributed by atoms with E-state index >= 15 is 0 Å². The molecule has 2 aliphatic rings. The summed E-state index contributed by atoms with van der Waals surface area (Å²) in [5.74, 6) is -3.26. The molecule has 2 aromatic rings. The molecule has 32 heavy (non-hydrogen) atoms. The molecule has 1 N–H and O–H groups in total. The van der Waals surface area contributed by atoms with E-state index in [2.05, 4.69) is 0 Å². The van der Waals surface area contributed by atoms with E-state index in [-0.39, 0.29) is 18.5 Å². The van der Waals surface area contributed by atoms with Crippen LogP contribution in [0.2, 0.25) is 5.02 Å². The number of carbonyl (C=O) groups is 3. The summed E-state index contributed by atoms with van der Waals surface area (Å²) in [5.41, 5.74) is 1.48. The molecule has 0 saturated heterocycles. The van der Waals surface area contributed by atoms with E-state index in [1.807, 2.05) is 12.2 Å². The van der Waals surface area contributed by atoms with Gasteiger partial charge in [0.1, 0.15) is 5.92 Å². The molecule has 0 saturated carbocycles. The summed E-state index contributed by atoms with van der Waals surface area (Å²) in [7, 11) is 0. The van der Waals surface area contributed by atoms with Gasteiger partial charge in [0, 0.05) is 16.6 Å². The van der Waals surface area contributed by atoms with E-state index in [0.29, 0.717) is 34.6 Å². The summed E-state index contributed by atoms with van der Waals surface area (Å²) in [4.78, 5) is 40.7. The van der Waals surface area contributed by atoms with Crippen LogP contribution in [0.15, 0.2) is 60.7 Å². The van der Waals surface area contributed by atoms with Crippen LogP contribution < -0.4 is 0 Å². The highest BCUT2D eigenvalue weighted by atomic mass is 35.5. The highest BCUT2D eigenvalue weighted by Gasteiger charge is 2.49. The summed E-state index contributed by atoms with van der Waals surface area (Å²) >= 11 is 6.08. The van der Waals surface area contributed by atoms with Gasteiger partial charge in [0.25, 0.3) is 5.91 Å². The van der Waals surface area contributed by atoms with Gasteiger partial charge < -0.3 is 14.7 Å². The van der Waals surface area contributed by atoms with Crippen LogP contribution in [0.25, 0.3) is 0 Å². The molecule has 1 heterocycles. The molecule has 7 heteroatoms. The number of hydrogen-bond donors (Lipinski definition) is 1. The zero-order chi connectivity index (χ0) is 22.8. The Kier molecular flexibility index (Phi) is 6.33. The standard InChI is InChI=1S/C25H24ClNO5/c1-2-32-25(31)19-9-5-6-10-20(19)27-22(15-11-13-16(26)14-12-15)21(24(29)30)17-7-3-4-8-18(17)23(27)28/h3-8,11-14,19-22H,2,9-10H2,1H3,(H,29,30). The maximum absolute atomic E-state index is 13.8. The van der Waals surface area contributed by atoms with Crippen molar-refractivity contribution in [2.75, 3.05) is 6.61 Å². The number of benzene rings is 2. The van der Waals surface area contributed by atoms with Gasteiger partial charge in [0.15, 0.2) is 0 Å². The van der Waals surface area contributed by atoms with Crippen LogP contribution in [-0.4, -0.2) is 40.5 Å². The molecule has 6 nitrogen and oxygen atoms in total. The van der Waals surface area contributed by atoms with Crippen LogP contribution in [0.5, 0.6) is 0 Å². The number of aliphatic carboxylic acids is 1. The van der Waals surface area contributed by atoms with Crippen molar-refractivity contribution in [3.63, 3.8) is 0 Å². The van der Waals surface area contributed by atoms with E-state index in [1.165, 1.54) is 0 Å². The summed E-state index contributed by atoms with van der Waals surface area (Å²) in [6.07, 6.45) is 4.71. The van der Waals surface area contributed by atoms with Crippen LogP contribution in [0.1, 0.15) is 53.2 Å².